The quantitative estimate of drug-likeness (QED) is 0.171. The highest BCUT2D eigenvalue weighted by Crippen LogP contribution is 2.48. The maximum Gasteiger partial charge on any atom is 0.171 e. The van der Waals surface area contributed by atoms with Gasteiger partial charge in [0.2, 0.25) is 0 Å². The molecule has 3 heteroatoms. The summed E-state index contributed by atoms with van der Waals surface area (Å²) in [6.07, 6.45) is 0. The van der Waals surface area contributed by atoms with Crippen molar-refractivity contribution >= 4 is 66.1 Å². The van der Waals surface area contributed by atoms with Gasteiger partial charge in [0.15, 0.2) is 7.14 Å². The van der Waals surface area contributed by atoms with Gasteiger partial charge in [-0.3, -0.25) is 0 Å². The summed E-state index contributed by atoms with van der Waals surface area (Å²) in [5, 5.41) is 21.5. The molecule has 1 atom stereocenters. The zero-order valence-electron chi connectivity index (χ0n) is 18.8. The molecule has 35 heavy (non-hydrogen) atoms. The van der Waals surface area contributed by atoms with Crippen LogP contribution >= 0.6 is 7.14 Å². The van der Waals surface area contributed by atoms with E-state index in [-0.39, 0.29) is 5.75 Å². The van der Waals surface area contributed by atoms with E-state index in [1.807, 2.05) is 30.3 Å². The lowest BCUT2D eigenvalue weighted by atomic mass is 9.90. The average molecular weight is 468 g/mol. The molecule has 0 aliphatic rings. The van der Waals surface area contributed by atoms with Crippen molar-refractivity contribution in [2.45, 2.75) is 0 Å². The van der Waals surface area contributed by atoms with Crippen LogP contribution in [-0.2, 0) is 4.57 Å². The van der Waals surface area contributed by atoms with Gasteiger partial charge in [-0.05, 0) is 68.0 Å². The first kappa shape index (κ1) is 20.3. The fourth-order valence-electron chi connectivity index (χ4n) is 5.63. The topological polar surface area (TPSA) is 37.3 Å². The summed E-state index contributed by atoms with van der Waals surface area (Å²) in [4.78, 5) is 0. The van der Waals surface area contributed by atoms with Crippen LogP contribution in [0.3, 0.4) is 0 Å². The number of fused-ring (bicyclic) bond motifs is 2. The lowest BCUT2D eigenvalue weighted by molar-refractivity contribution is 0.475. The van der Waals surface area contributed by atoms with Crippen molar-refractivity contribution in [1.82, 2.24) is 0 Å². The maximum absolute atomic E-state index is 15.4. The standard InChI is InChI=1S/C32H21O2P/c33-23-16-18-25(19-17-23)35(34,24-10-2-1-3-11-24)29-20-15-22-9-5-13-27-26-12-4-7-21-8-6-14-28(30(21)26)32(29)31(22)27/h1-20,33H. The first-order chi connectivity index (χ1) is 17.2. The molecule has 0 bridgehead atoms. The summed E-state index contributed by atoms with van der Waals surface area (Å²) in [6, 6.07) is 40.0. The Labute approximate surface area is 202 Å². The molecule has 0 saturated carbocycles. The van der Waals surface area contributed by atoms with Gasteiger partial charge in [0.25, 0.3) is 0 Å². The molecule has 0 amide bonds. The van der Waals surface area contributed by atoms with Gasteiger partial charge in [0.05, 0.1) is 0 Å². The predicted octanol–water partition coefficient (Wildman–Crippen LogP) is 7.08. The smallest absolute Gasteiger partial charge is 0.171 e. The lowest BCUT2D eigenvalue weighted by Crippen LogP contribution is -2.25. The second-order valence-electron chi connectivity index (χ2n) is 9.03. The minimum absolute atomic E-state index is 0.161. The van der Waals surface area contributed by atoms with Gasteiger partial charge in [-0.2, -0.15) is 0 Å². The number of phenols is 1. The van der Waals surface area contributed by atoms with Crippen LogP contribution in [0.1, 0.15) is 0 Å². The first-order valence-electron chi connectivity index (χ1n) is 11.7. The van der Waals surface area contributed by atoms with Crippen LogP contribution in [0.2, 0.25) is 0 Å². The molecule has 0 aliphatic carbocycles. The predicted molar refractivity (Wildman–Crippen MR) is 149 cm³/mol. The van der Waals surface area contributed by atoms with E-state index in [9.17, 15) is 5.11 Å². The zero-order chi connectivity index (χ0) is 23.6. The summed E-state index contributed by atoms with van der Waals surface area (Å²) < 4.78 is 15.4. The third-order valence-electron chi connectivity index (χ3n) is 7.16. The summed E-state index contributed by atoms with van der Waals surface area (Å²) in [5.41, 5.74) is 0. The maximum atomic E-state index is 15.4. The van der Waals surface area contributed by atoms with E-state index < -0.39 is 7.14 Å². The monoisotopic (exact) mass is 468 g/mol. The minimum Gasteiger partial charge on any atom is -0.508 e. The summed E-state index contributed by atoms with van der Waals surface area (Å²) >= 11 is 0. The van der Waals surface area contributed by atoms with E-state index >= 15 is 4.57 Å². The number of benzene rings is 7. The van der Waals surface area contributed by atoms with Crippen LogP contribution in [0.15, 0.2) is 121 Å². The van der Waals surface area contributed by atoms with Crippen molar-refractivity contribution in [2.24, 2.45) is 0 Å². The van der Waals surface area contributed by atoms with Crippen LogP contribution < -0.4 is 15.9 Å². The largest absolute Gasteiger partial charge is 0.508 e. The molecule has 0 heterocycles. The summed E-state index contributed by atoms with van der Waals surface area (Å²) in [6.45, 7) is 0. The van der Waals surface area contributed by atoms with Gasteiger partial charge in [-0.1, -0.05) is 91.0 Å². The summed E-state index contributed by atoms with van der Waals surface area (Å²) in [7, 11) is -3.27. The van der Waals surface area contributed by atoms with E-state index in [2.05, 4.69) is 66.7 Å². The van der Waals surface area contributed by atoms with Crippen molar-refractivity contribution in [2.75, 3.05) is 0 Å². The molecule has 0 aromatic heterocycles. The van der Waals surface area contributed by atoms with Crippen molar-refractivity contribution in [3.05, 3.63) is 121 Å². The van der Waals surface area contributed by atoms with Crippen LogP contribution in [0.5, 0.6) is 5.75 Å². The van der Waals surface area contributed by atoms with Crippen LogP contribution in [0.25, 0.3) is 43.1 Å². The molecule has 0 radical (unpaired) electrons. The van der Waals surface area contributed by atoms with Gasteiger partial charge in [-0.15, -0.1) is 0 Å². The lowest BCUT2D eigenvalue weighted by Gasteiger charge is -2.24. The molecule has 166 valence electrons. The highest BCUT2D eigenvalue weighted by Gasteiger charge is 2.32. The molecule has 7 aromatic carbocycles. The van der Waals surface area contributed by atoms with Crippen molar-refractivity contribution < 1.29 is 9.67 Å². The van der Waals surface area contributed by atoms with E-state index in [1.165, 1.54) is 21.5 Å². The number of hydrogen-bond acceptors (Lipinski definition) is 2. The molecule has 0 fully saturated rings. The van der Waals surface area contributed by atoms with Gasteiger partial charge in [-0.25, -0.2) is 0 Å². The van der Waals surface area contributed by atoms with Gasteiger partial charge in [0, 0.05) is 21.3 Å². The molecular formula is C32H21O2P. The summed E-state index contributed by atoms with van der Waals surface area (Å²) in [5.74, 6) is 0.161. The Morgan fingerprint density at radius 2 is 1.03 bits per heavy atom. The number of phenolic OH excluding ortho intramolecular Hbond substituents is 1. The molecule has 0 aliphatic heterocycles. The second-order valence-corrected chi connectivity index (χ2v) is 11.8. The zero-order valence-corrected chi connectivity index (χ0v) is 19.7. The van der Waals surface area contributed by atoms with Crippen molar-refractivity contribution in [1.29, 1.82) is 0 Å². The van der Waals surface area contributed by atoms with E-state index in [1.54, 1.807) is 24.3 Å². The molecule has 0 saturated heterocycles. The first-order valence-corrected chi connectivity index (χ1v) is 13.4. The minimum atomic E-state index is -3.27. The Kier molecular flexibility index (Phi) is 4.30. The highest BCUT2D eigenvalue weighted by molar-refractivity contribution is 7.85. The average Bonchev–Trinajstić information content (AvgIpc) is 2.91. The third-order valence-corrected chi connectivity index (χ3v) is 10.3. The van der Waals surface area contributed by atoms with E-state index in [0.29, 0.717) is 5.30 Å². The Bertz CT molecular complexity index is 1920. The normalized spacial score (nSPS) is 13.6. The molecule has 7 rings (SSSR count). The second kappa shape index (κ2) is 7.43. The SMILES string of the molecule is O=P(c1ccccc1)(c1ccc(O)cc1)c1ccc2cccc3c4cccc5cccc(c1c23)c54. The Hall–Kier alpha value is -4.13. The van der Waals surface area contributed by atoms with Crippen molar-refractivity contribution in [3.63, 3.8) is 0 Å². The van der Waals surface area contributed by atoms with Gasteiger partial charge < -0.3 is 9.67 Å². The van der Waals surface area contributed by atoms with Crippen molar-refractivity contribution in [3.8, 4) is 5.75 Å². The molecular weight excluding hydrogens is 447 g/mol. The molecule has 1 N–H and O–H groups in total. The Morgan fingerprint density at radius 1 is 0.457 bits per heavy atom. The fourth-order valence-corrected chi connectivity index (χ4v) is 8.48. The number of hydrogen-bond donors (Lipinski definition) is 1. The molecule has 1 unspecified atom stereocenters. The van der Waals surface area contributed by atoms with Crippen LogP contribution in [0, 0.1) is 0 Å². The molecule has 2 nitrogen and oxygen atoms in total. The van der Waals surface area contributed by atoms with Gasteiger partial charge >= 0.3 is 0 Å². The number of aromatic hydroxyl groups is 1. The Balaban J connectivity index is 1.74. The van der Waals surface area contributed by atoms with E-state index in [4.69, 9.17) is 0 Å². The van der Waals surface area contributed by atoms with E-state index in [0.717, 1.165) is 32.2 Å². The molecule has 7 aromatic rings. The Morgan fingerprint density at radius 3 is 1.71 bits per heavy atom. The fraction of sp³-hybridized carbons (Fsp3) is 0. The van der Waals surface area contributed by atoms with Crippen LogP contribution in [-0.4, -0.2) is 5.11 Å². The van der Waals surface area contributed by atoms with Gasteiger partial charge in [0.1, 0.15) is 5.75 Å². The van der Waals surface area contributed by atoms with Crippen LogP contribution in [0.4, 0.5) is 0 Å². The molecule has 0 spiro atoms. The third kappa shape index (κ3) is 2.81. The number of rotatable bonds is 3. The highest BCUT2D eigenvalue weighted by atomic mass is 31.2.